The van der Waals surface area contributed by atoms with Crippen molar-refractivity contribution in [3.8, 4) is 0 Å². The largest absolute Gasteiger partial charge is 0.478 e. The van der Waals surface area contributed by atoms with Crippen LogP contribution in [0.4, 0.5) is 5.69 Å². The molecule has 3 N–H and O–H groups in total. The Balaban J connectivity index is 2.41. The third kappa shape index (κ3) is 3.23. The van der Waals surface area contributed by atoms with E-state index in [1.807, 2.05) is 0 Å². The summed E-state index contributed by atoms with van der Waals surface area (Å²) in [5.41, 5.74) is -0.956. The van der Waals surface area contributed by atoms with Gasteiger partial charge in [-0.1, -0.05) is 18.2 Å². The van der Waals surface area contributed by atoms with E-state index in [0.29, 0.717) is 0 Å². The van der Waals surface area contributed by atoms with Crippen molar-refractivity contribution < 1.29 is 28.2 Å². The Kier molecular flexibility index (Phi) is 4.13. The first-order valence-corrected chi connectivity index (χ1v) is 7.48. The lowest BCUT2D eigenvalue weighted by atomic mass is 10.1. The van der Waals surface area contributed by atoms with E-state index in [4.69, 9.17) is 10.2 Å². The second kappa shape index (κ2) is 5.86. The van der Waals surface area contributed by atoms with Crippen LogP contribution < -0.4 is 4.72 Å². The molecule has 114 valence electrons. The second-order valence-electron chi connectivity index (χ2n) is 4.29. The summed E-state index contributed by atoms with van der Waals surface area (Å²) in [6.07, 6.45) is 0. The van der Waals surface area contributed by atoms with Crippen LogP contribution in [0.1, 0.15) is 20.7 Å². The summed E-state index contributed by atoms with van der Waals surface area (Å²) >= 11 is 0. The van der Waals surface area contributed by atoms with Crippen LogP contribution in [0.2, 0.25) is 0 Å². The van der Waals surface area contributed by atoms with Crippen molar-refractivity contribution in [3.05, 3.63) is 59.7 Å². The van der Waals surface area contributed by atoms with Crippen molar-refractivity contribution in [1.82, 2.24) is 0 Å². The monoisotopic (exact) mass is 321 g/mol. The molecule has 2 aromatic carbocycles. The number of benzene rings is 2. The molecule has 0 aliphatic carbocycles. The number of hydrogen-bond acceptors (Lipinski definition) is 4. The van der Waals surface area contributed by atoms with Gasteiger partial charge in [-0.05, 0) is 30.3 Å². The molecule has 22 heavy (non-hydrogen) atoms. The van der Waals surface area contributed by atoms with E-state index in [1.54, 1.807) is 18.2 Å². The van der Waals surface area contributed by atoms with E-state index in [2.05, 4.69) is 4.72 Å². The van der Waals surface area contributed by atoms with Gasteiger partial charge in [0, 0.05) is 5.69 Å². The number of carbonyl (C=O) groups is 2. The zero-order valence-electron chi connectivity index (χ0n) is 11.1. The van der Waals surface area contributed by atoms with Crippen LogP contribution in [0.25, 0.3) is 0 Å². The number of sulfonamides is 1. The maximum atomic E-state index is 12.1. The Morgan fingerprint density at radius 3 is 2.00 bits per heavy atom. The standard InChI is InChI=1S/C14H11NO6S/c16-13(17)11-7-6-9(8-12(11)14(18)19)15-22(20,21)10-4-2-1-3-5-10/h1-8,15H,(H,16,17)(H,18,19). The molecule has 0 aliphatic heterocycles. The molecule has 0 saturated carbocycles. The van der Waals surface area contributed by atoms with Crippen LogP contribution in [0.3, 0.4) is 0 Å². The van der Waals surface area contributed by atoms with E-state index in [0.717, 1.165) is 12.1 Å². The lowest BCUT2D eigenvalue weighted by molar-refractivity contribution is 0.0651. The predicted molar refractivity (Wildman–Crippen MR) is 77.6 cm³/mol. The van der Waals surface area contributed by atoms with Crippen LogP contribution in [-0.2, 0) is 10.0 Å². The molecule has 7 nitrogen and oxygen atoms in total. The highest BCUT2D eigenvalue weighted by Gasteiger charge is 2.19. The quantitative estimate of drug-likeness (QED) is 0.773. The fourth-order valence-electron chi connectivity index (χ4n) is 1.78. The van der Waals surface area contributed by atoms with Gasteiger partial charge in [0.1, 0.15) is 0 Å². The Hall–Kier alpha value is -2.87. The predicted octanol–water partition coefficient (Wildman–Crippen LogP) is 1.88. The SMILES string of the molecule is O=C(O)c1ccc(NS(=O)(=O)c2ccccc2)cc1C(=O)O. The van der Waals surface area contributed by atoms with Gasteiger partial charge in [0.15, 0.2) is 0 Å². The molecular formula is C14H11NO6S. The first kappa shape index (κ1) is 15.5. The highest BCUT2D eigenvalue weighted by Crippen LogP contribution is 2.20. The number of carboxylic acids is 2. The fraction of sp³-hybridized carbons (Fsp3) is 0. The summed E-state index contributed by atoms with van der Waals surface area (Å²) in [5.74, 6) is -2.87. The molecule has 0 amide bonds. The molecule has 2 rings (SSSR count). The van der Waals surface area contributed by atoms with Gasteiger partial charge in [0.05, 0.1) is 16.0 Å². The van der Waals surface area contributed by atoms with Gasteiger partial charge in [0.25, 0.3) is 10.0 Å². The zero-order valence-corrected chi connectivity index (χ0v) is 11.9. The average molecular weight is 321 g/mol. The van der Waals surface area contributed by atoms with E-state index in [1.165, 1.54) is 18.2 Å². The third-order valence-electron chi connectivity index (χ3n) is 2.79. The summed E-state index contributed by atoms with van der Waals surface area (Å²) < 4.78 is 26.5. The van der Waals surface area contributed by atoms with Gasteiger partial charge < -0.3 is 10.2 Å². The van der Waals surface area contributed by atoms with Crippen molar-refractivity contribution in [3.63, 3.8) is 0 Å². The second-order valence-corrected chi connectivity index (χ2v) is 5.97. The van der Waals surface area contributed by atoms with E-state index < -0.39 is 33.1 Å². The van der Waals surface area contributed by atoms with Crippen molar-refractivity contribution in [2.45, 2.75) is 4.90 Å². The Labute approximate surface area is 125 Å². The molecule has 0 unspecified atom stereocenters. The lowest BCUT2D eigenvalue weighted by Gasteiger charge is -2.10. The number of anilines is 1. The summed E-state index contributed by atoms with van der Waals surface area (Å²) in [6, 6.07) is 10.7. The average Bonchev–Trinajstić information content (AvgIpc) is 2.47. The van der Waals surface area contributed by atoms with E-state index in [9.17, 15) is 18.0 Å². The maximum Gasteiger partial charge on any atom is 0.336 e. The summed E-state index contributed by atoms with van der Waals surface area (Å²) in [7, 11) is -3.88. The molecule has 0 spiro atoms. The molecule has 8 heteroatoms. The first-order chi connectivity index (χ1) is 10.3. The minimum atomic E-state index is -3.88. The van der Waals surface area contributed by atoms with Gasteiger partial charge in [-0.2, -0.15) is 0 Å². The minimum absolute atomic E-state index is 0.00851. The van der Waals surface area contributed by atoms with E-state index >= 15 is 0 Å². The molecule has 0 fully saturated rings. The highest BCUT2D eigenvalue weighted by molar-refractivity contribution is 7.92. The number of carboxylic acid groups (broad SMARTS) is 2. The topological polar surface area (TPSA) is 121 Å². The van der Waals surface area contributed by atoms with Gasteiger partial charge >= 0.3 is 11.9 Å². The van der Waals surface area contributed by atoms with Crippen molar-refractivity contribution >= 4 is 27.6 Å². The molecule has 0 radical (unpaired) electrons. The van der Waals surface area contributed by atoms with Crippen LogP contribution in [-0.4, -0.2) is 30.6 Å². The number of rotatable bonds is 5. The van der Waals surface area contributed by atoms with E-state index in [-0.39, 0.29) is 10.6 Å². The molecule has 2 aromatic rings. The molecule has 0 aromatic heterocycles. The number of hydrogen-bond donors (Lipinski definition) is 3. The van der Waals surface area contributed by atoms with Crippen LogP contribution >= 0.6 is 0 Å². The Bertz CT molecular complexity index is 830. The fourth-order valence-corrected chi connectivity index (χ4v) is 2.86. The summed E-state index contributed by atoms with van der Waals surface area (Å²) in [5, 5.41) is 17.9. The van der Waals surface area contributed by atoms with Crippen molar-refractivity contribution in [2.75, 3.05) is 4.72 Å². The Morgan fingerprint density at radius 2 is 1.45 bits per heavy atom. The smallest absolute Gasteiger partial charge is 0.336 e. The van der Waals surface area contributed by atoms with Crippen LogP contribution in [0.5, 0.6) is 0 Å². The molecule has 0 heterocycles. The summed E-state index contributed by atoms with van der Waals surface area (Å²) in [4.78, 5) is 22.0. The minimum Gasteiger partial charge on any atom is -0.478 e. The normalized spacial score (nSPS) is 10.9. The molecule has 0 aliphatic rings. The highest BCUT2D eigenvalue weighted by atomic mass is 32.2. The van der Waals surface area contributed by atoms with Gasteiger partial charge in [0.2, 0.25) is 0 Å². The van der Waals surface area contributed by atoms with Gasteiger partial charge in [-0.15, -0.1) is 0 Å². The Morgan fingerprint density at radius 1 is 0.864 bits per heavy atom. The van der Waals surface area contributed by atoms with Crippen molar-refractivity contribution in [2.24, 2.45) is 0 Å². The first-order valence-electron chi connectivity index (χ1n) is 6.00. The van der Waals surface area contributed by atoms with Gasteiger partial charge in [-0.25, -0.2) is 18.0 Å². The number of aromatic carboxylic acids is 2. The molecule has 0 bridgehead atoms. The zero-order chi connectivity index (χ0) is 16.3. The molecule has 0 saturated heterocycles. The third-order valence-corrected chi connectivity index (χ3v) is 4.18. The van der Waals surface area contributed by atoms with Crippen LogP contribution in [0, 0.1) is 0 Å². The van der Waals surface area contributed by atoms with Crippen molar-refractivity contribution in [1.29, 1.82) is 0 Å². The van der Waals surface area contributed by atoms with Gasteiger partial charge in [-0.3, -0.25) is 4.72 Å². The maximum absolute atomic E-state index is 12.1. The molecule has 0 atom stereocenters. The lowest BCUT2D eigenvalue weighted by Crippen LogP contribution is -2.14. The number of nitrogens with one attached hydrogen (secondary N) is 1. The van der Waals surface area contributed by atoms with Crippen LogP contribution in [0.15, 0.2) is 53.4 Å². The molecular weight excluding hydrogens is 310 g/mol. The summed E-state index contributed by atoms with van der Waals surface area (Å²) in [6.45, 7) is 0.